The Morgan fingerprint density at radius 1 is 0.880 bits per heavy atom. The van der Waals surface area contributed by atoms with Crippen molar-refractivity contribution in [3.63, 3.8) is 0 Å². The highest BCUT2D eigenvalue weighted by atomic mass is 32.1. The van der Waals surface area contributed by atoms with Crippen molar-refractivity contribution in [1.29, 1.82) is 0 Å². The molecule has 0 spiro atoms. The van der Waals surface area contributed by atoms with Gasteiger partial charge in [0.15, 0.2) is 10.3 Å². The van der Waals surface area contributed by atoms with Crippen LogP contribution >= 0.6 is 22.7 Å². The minimum atomic E-state index is -0.226. The molecule has 4 rings (SSSR count). The van der Waals surface area contributed by atoms with Crippen molar-refractivity contribution in [2.24, 2.45) is 0 Å². The molecule has 0 atom stereocenters. The van der Waals surface area contributed by atoms with Gasteiger partial charge in [0.05, 0.1) is 20.4 Å². The fourth-order valence-corrected chi connectivity index (χ4v) is 4.18. The lowest BCUT2D eigenvalue weighted by atomic mass is 10.2. The summed E-state index contributed by atoms with van der Waals surface area (Å²) < 4.78 is 1.86. The van der Waals surface area contributed by atoms with Gasteiger partial charge in [-0.2, -0.15) is 0 Å². The van der Waals surface area contributed by atoms with Gasteiger partial charge in [0, 0.05) is 12.5 Å². The van der Waals surface area contributed by atoms with Crippen LogP contribution in [-0.2, 0) is 4.79 Å². The Balaban J connectivity index is 1.59. The van der Waals surface area contributed by atoms with E-state index in [0.29, 0.717) is 15.8 Å². The number of fused-ring (bicyclic) bond motifs is 2. The molecule has 25 heavy (non-hydrogen) atoms. The molecule has 2 aromatic carbocycles. The molecule has 0 fully saturated rings. The number of para-hydroxylation sites is 1. The Labute approximate surface area is 150 Å². The molecule has 2 N–H and O–H groups in total. The average molecular weight is 368 g/mol. The van der Waals surface area contributed by atoms with Crippen molar-refractivity contribution < 1.29 is 9.59 Å². The van der Waals surface area contributed by atoms with E-state index in [1.807, 2.05) is 24.3 Å². The number of benzene rings is 2. The highest BCUT2D eigenvalue weighted by Crippen LogP contribution is 2.28. The second-order valence-corrected chi connectivity index (χ2v) is 7.38. The van der Waals surface area contributed by atoms with Gasteiger partial charge in [0.25, 0.3) is 5.91 Å². The van der Waals surface area contributed by atoms with Gasteiger partial charge in [-0.1, -0.05) is 34.8 Å². The van der Waals surface area contributed by atoms with E-state index in [1.165, 1.54) is 29.6 Å². The number of anilines is 2. The Morgan fingerprint density at radius 3 is 2.32 bits per heavy atom. The van der Waals surface area contributed by atoms with E-state index in [4.69, 9.17) is 0 Å². The summed E-state index contributed by atoms with van der Waals surface area (Å²) in [6.07, 6.45) is 0. The maximum absolute atomic E-state index is 12.5. The molecule has 0 saturated heterocycles. The highest BCUT2D eigenvalue weighted by Gasteiger charge is 2.12. The molecule has 0 aliphatic rings. The van der Waals surface area contributed by atoms with Crippen LogP contribution in [0.4, 0.5) is 10.3 Å². The molecule has 0 aliphatic heterocycles. The standard InChI is InChI=1S/C17H12N4O2S2/c1-9(22)18-16-20-12-7-6-10(8-14(12)25-16)15(23)21-17-19-11-4-2-3-5-13(11)24-17/h2-8H,1H3,(H,18,20,22)(H,19,21,23). The van der Waals surface area contributed by atoms with Gasteiger partial charge in [-0.05, 0) is 30.3 Å². The molecule has 4 aromatic rings. The van der Waals surface area contributed by atoms with E-state index in [9.17, 15) is 9.59 Å². The second kappa shape index (κ2) is 6.23. The summed E-state index contributed by atoms with van der Waals surface area (Å²) in [5.41, 5.74) is 2.12. The van der Waals surface area contributed by atoms with E-state index in [0.717, 1.165) is 20.4 Å². The first kappa shape index (κ1) is 15.7. The average Bonchev–Trinajstić information content (AvgIpc) is 3.15. The summed E-state index contributed by atoms with van der Waals surface area (Å²) in [4.78, 5) is 32.3. The third kappa shape index (κ3) is 3.21. The largest absolute Gasteiger partial charge is 0.302 e. The summed E-state index contributed by atoms with van der Waals surface area (Å²) in [5, 5.41) is 6.58. The number of hydrogen-bond acceptors (Lipinski definition) is 6. The van der Waals surface area contributed by atoms with Crippen molar-refractivity contribution in [2.45, 2.75) is 6.92 Å². The number of amides is 2. The lowest BCUT2D eigenvalue weighted by molar-refractivity contribution is -0.114. The van der Waals surface area contributed by atoms with Gasteiger partial charge in [0.1, 0.15) is 0 Å². The van der Waals surface area contributed by atoms with Crippen LogP contribution in [-0.4, -0.2) is 21.8 Å². The fraction of sp³-hybridized carbons (Fsp3) is 0.0588. The van der Waals surface area contributed by atoms with E-state index in [-0.39, 0.29) is 11.8 Å². The van der Waals surface area contributed by atoms with Crippen molar-refractivity contribution in [1.82, 2.24) is 9.97 Å². The van der Waals surface area contributed by atoms with Gasteiger partial charge < -0.3 is 5.32 Å². The molecule has 2 amide bonds. The van der Waals surface area contributed by atoms with Crippen molar-refractivity contribution in [2.75, 3.05) is 10.6 Å². The number of nitrogens with zero attached hydrogens (tertiary/aromatic N) is 2. The van der Waals surface area contributed by atoms with Gasteiger partial charge in [-0.25, -0.2) is 9.97 Å². The summed E-state index contributed by atoms with van der Waals surface area (Å²) in [6, 6.07) is 13.0. The first-order valence-electron chi connectivity index (χ1n) is 7.43. The van der Waals surface area contributed by atoms with Crippen molar-refractivity contribution in [3.05, 3.63) is 48.0 Å². The Kier molecular flexibility index (Phi) is 3.90. The van der Waals surface area contributed by atoms with Crippen LogP contribution in [0, 0.1) is 0 Å². The molecule has 0 unspecified atom stereocenters. The van der Waals surface area contributed by atoms with Gasteiger partial charge >= 0.3 is 0 Å². The lowest BCUT2D eigenvalue weighted by Gasteiger charge is -2.01. The molecule has 0 bridgehead atoms. The Bertz CT molecular complexity index is 1080. The lowest BCUT2D eigenvalue weighted by Crippen LogP contribution is -2.11. The molecular weight excluding hydrogens is 356 g/mol. The molecular formula is C17H12N4O2S2. The summed E-state index contributed by atoms with van der Waals surface area (Å²) in [7, 11) is 0. The summed E-state index contributed by atoms with van der Waals surface area (Å²) >= 11 is 2.77. The number of nitrogens with one attached hydrogen (secondary N) is 2. The van der Waals surface area contributed by atoms with E-state index >= 15 is 0 Å². The minimum Gasteiger partial charge on any atom is -0.302 e. The van der Waals surface area contributed by atoms with Crippen LogP contribution < -0.4 is 10.6 Å². The van der Waals surface area contributed by atoms with Gasteiger partial charge in [-0.15, -0.1) is 0 Å². The van der Waals surface area contributed by atoms with Crippen molar-refractivity contribution >= 4 is 65.2 Å². The molecule has 6 nitrogen and oxygen atoms in total. The quantitative estimate of drug-likeness (QED) is 0.570. The first-order valence-corrected chi connectivity index (χ1v) is 9.07. The van der Waals surface area contributed by atoms with Crippen LogP contribution in [0.15, 0.2) is 42.5 Å². The van der Waals surface area contributed by atoms with E-state index in [1.54, 1.807) is 18.2 Å². The van der Waals surface area contributed by atoms with Crippen LogP contribution in [0.3, 0.4) is 0 Å². The number of thiazole rings is 2. The van der Waals surface area contributed by atoms with Crippen LogP contribution in [0.2, 0.25) is 0 Å². The number of rotatable bonds is 3. The number of carbonyl (C=O) groups excluding carboxylic acids is 2. The second-order valence-electron chi connectivity index (χ2n) is 5.32. The Morgan fingerprint density at radius 2 is 1.56 bits per heavy atom. The maximum Gasteiger partial charge on any atom is 0.257 e. The molecule has 2 aromatic heterocycles. The SMILES string of the molecule is CC(=O)Nc1nc2ccc(C(=O)Nc3nc4ccccc4s3)cc2s1. The zero-order chi connectivity index (χ0) is 17.4. The summed E-state index contributed by atoms with van der Waals surface area (Å²) in [6.45, 7) is 1.43. The molecule has 2 heterocycles. The molecule has 0 saturated carbocycles. The number of aromatic nitrogens is 2. The molecule has 0 aliphatic carbocycles. The molecule has 124 valence electrons. The van der Waals surface area contributed by atoms with Gasteiger partial charge in [0.2, 0.25) is 5.91 Å². The topological polar surface area (TPSA) is 84.0 Å². The van der Waals surface area contributed by atoms with Crippen molar-refractivity contribution in [3.8, 4) is 0 Å². The number of hydrogen-bond donors (Lipinski definition) is 2. The van der Waals surface area contributed by atoms with E-state index in [2.05, 4.69) is 20.6 Å². The predicted molar refractivity (Wildman–Crippen MR) is 101 cm³/mol. The first-order chi connectivity index (χ1) is 12.1. The third-order valence-electron chi connectivity index (χ3n) is 3.45. The monoisotopic (exact) mass is 368 g/mol. The van der Waals surface area contributed by atoms with Crippen LogP contribution in [0.5, 0.6) is 0 Å². The zero-order valence-corrected chi connectivity index (χ0v) is 14.7. The zero-order valence-electron chi connectivity index (χ0n) is 13.1. The van der Waals surface area contributed by atoms with E-state index < -0.39 is 0 Å². The fourth-order valence-electron chi connectivity index (χ4n) is 2.36. The number of carbonyl (C=O) groups is 2. The maximum atomic E-state index is 12.5. The Hall–Kier alpha value is -2.84. The molecule has 8 heteroatoms. The van der Waals surface area contributed by atoms with Crippen LogP contribution in [0.25, 0.3) is 20.4 Å². The normalized spacial score (nSPS) is 10.9. The highest BCUT2D eigenvalue weighted by molar-refractivity contribution is 7.22. The van der Waals surface area contributed by atoms with Crippen LogP contribution in [0.1, 0.15) is 17.3 Å². The summed E-state index contributed by atoms with van der Waals surface area (Å²) in [5.74, 6) is -0.400. The third-order valence-corrected chi connectivity index (χ3v) is 5.33. The smallest absolute Gasteiger partial charge is 0.257 e. The minimum absolute atomic E-state index is 0.173. The molecule has 0 radical (unpaired) electrons. The van der Waals surface area contributed by atoms with Gasteiger partial charge in [-0.3, -0.25) is 14.9 Å². The predicted octanol–water partition coefficient (Wildman–Crippen LogP) is 4.12.